The number of hydrogen-bond donors (Lipinski definition) is 0. The van der Waals surface area contributed by atoms with Crippen LogP contribution in [0.4, 0.5) is 5.69 Å². The second kappa shape index (κ2) is 7.48. The molecule has 0 fully saturated rings. The molecule has 1 heterocycles. The van der Waals surface area contributed by atoms with Crippen LogP contribution in [0.3, 0.4) is 0 Å². The molecule has 2 nitrogen and oxygen atoms in total. The van der Waals surface area contributed by atoms with Gasteiger partial charge in [0, 0.05) is 30.1 Å². The molecule has 142 valence electrons. The number of furan rings is 1. The van der Waals surface area contributed by atoms with Crippen molar-refractivity contribution in [3.05, 3.63) is 114 Å². The van der Waals surface area contributed by atoms with E-state index in [4.69, 9.17) is 4.42 Å². The predicted octanol–water partition coefficient (Wildman–Crippen LogP) is 6.81. The van der Waals surface area contributed by atoms with Gasteiger partial charge < -0.3 is 9.32 Å². The van der Waals surface area contributed by atoms with E-state index in [1.807, 2.05) is 12.1 Å². The maximum absolute atomic E-state index is 6.03. The first kappa shape index (κ1) is 17.6. The molecule has 5 rings (SSSR count). The molecule has 1 aromatic heterocycles. The molecule has 2 heteroatoms. The Labute approximate surface area is 171 Å². The van der Waals surface area contributed by atoms with Gasteiger partial charge in [-0.05, 0) is 47.4 Å². The van der Waals surface area contributed by atoms with E-state index in [9.17, 15) is 0 Å². The van der Waals surface area contributed by atoms with Crippen molar-refractivity contribution in [2.45, 2.75) is 13.0 Å². The lowest BCUT2D eigenvalue weighted by atomic mass is 10.0. The quantitative estimate of drug-likeness (QED) is 0.334. The molecule has 0 unspecified atom stereocenters. The summed E-state index contributed by atoms with van der Waals surface area (Å²) in [5.74, 6) is 0. The molecule has 0 aliphatic rings. The van der Waals surface area contributed by atoms with E-state index in [2.05, 4.69) is 96.9 Å². The number of benzene rings is 4. The van der Waals surface area contributed by atoms with Gasteiger partial charge in [-0.15, -0.1) is 0 Å². The number of nitrogens with zero attached hydrogens (tertiary/aromatic N) is 1. The van der Waals surface area contributed by atoms with Crippen LogP contribution in [0.2, 0.25) is 0 Å². The molecule has 0 N–H and O–H groups in total. The Bertz CT molecular complexity index is 1250. The highest BCUT2D eigenvalue weighted by atomic mass is 16.3. The molecule has 5 aromatic rings. The summed E-state index contributed by atoms with van der Waals surface area (Å²) >= 11 is 0. The normalized spacial score (nSPS) is 11.2. The number of fused-ring (bicyclic) bond motifs is 3. The van der Waals surface area contributed by atoms with Crippen molar-refractivity contribution < 1.29 is 4.42 Å². The topological polar surface area (TPSA) is 16.4 Å². The van der Waals surface area contributed by atoms with Gasteiger partial charge in [0.2, 0.25) is 0 Å². The van der Waals surface area contributed by atoms with Crippen molar-refractivity contribution >= 4 is 27.6 Å². The Morgan fingerprint density at radius 1 is 0.621 bits per heavy atom. The minimum atomic E-state index is 0.838. The van der Waals surface area contributed by atoms with E-state index < -0.39 is 0 Å². The van der Waals surface area contributed by atoms with E-state index in [1.54, 1.807) is 0 Å². The Kier molecular flexibility index (Phi) is 4.53. The van der Waals surface area contributed by atoms with Crippen molar-refractivity contribution in [2.24, 2.45) is 0 Å². The lowest BCUT2D eigenvalue weighted by Gasteiger charge is -2.20. The van der Waals surface area contributed by atoms with Crippen molar-refractivity contribution in [1.29, 1.82) is 0 Å². The SMILES string of the molecule is CN(Cc1ccc2c(c1)oc1ccccc12)c1ccc(Cc2ccccc2)cc1. The van der Waals surface area contributed by atoms with Gasteiger partial charge in [-0.2, -0.15) is 0 Å². The Hall–Kier alpha value is -3.52. The van der Waals surface area contributed by atoms with Crippen LogP contribution in [0.25, 0.3) is 21.9 Å². The summed E-state index contributed by atoms with van der Waals surface area (Å²) in [4.78, 5) is 2.27. The molecule has 4 aromatic carbocycles. The third kappa shape index (κ3) is 3.62. The van der Waals surface area contributed by atoms with Gasteiger partial charge >= 0.3 is 0 Å². The Morgan fingerprint density at radius 2 is 1.28 bits per heavy atom. The maximum Gasteiger partial charge on any atom is 0.135 e. The van der Waals surface area contributed by atoms with Gasteiger partial charge in [-0.3, -0.25) is 0 Å². The molecule has 0 bridgehead atoms. The van der Waals surface area contributed by atoms with Gasteiger partial charge in [0.25, 0.3) is 0 Å². The molecular weight excluding hydrogens is 354 g/mol. The summed E-state index contributed by atoms with van der Waals surface area (Å²) in [5, 5.41) is 2.36. The molecular formula is C27H23NO. The molecule has 0 atom stereocenters. The maximum atomic E-state index is 6.03. The fourth-order valence-electron chi connectivity index (χ4n) is 3.93. The van der Waals surface area contributed by atoms with E-state index in [0.29, 0.717) is 0 Å². The first-order chi connectivity index (χ1) is 14.3. The molecule has 0 aliphatic heterocycles. The van der Waals surface area contributed by atoms with Crippen molar-refractivity contribution in [1.82, 2.24) is 0 Å². The van der Waals surface area contributed by atoms with E-state index in [0.717, 1.165) is 24.1 Å². The first-order valence-corrected chi connectivity index (χ1v) is 10.0. The highest BCUT2D eigenvalue weighted by Crippen LogP contribution is 2.29. The van der Waals surface area contributed by atoms with Gasteiger partial charge in [0.05, 0.1) is 0 Å². The lowest BCUT2D eigenvalue weighted by Crippen LogP contribution is -2.16. The predicted molar refractivity (Wildman–Crippen MR) is 122 cm³/mol. The minimum absolute atomic E-state index is 0.838. The number of rotatable bonds is 5. The summed E-state index contributed by atoms with van der Waals surface area (Å²) in [6.07, 6.45) is 0.966. The highest BCUT2D eigenvalue weighted by Gasteiger charge is 2.09. The molecule has 0 amide bonds. The molecule has 0 saturated heterocycles. The fraction of sp³-hybridized carbons (Fsp3) is 0.111. The van der Waals surface area contributed by atoms with Crippen LogP contribution in [0.1, 0.15) is 16.7 Å². The molecule has 0 radical (unpaired) electrons. The second-order valence-electron chi connectivity index (χ2n) is 7.61. The van der Waals surface area contributed by atoms with Crippen molar-refractivity contribution in [3.63, 3.8) is 0 Å². The molecule has 29 heavy (non-hydrogen) atoms. The van der Waals surface area contributed by atoms with Crippen LogP contribution < -0.4 is 4.90 Å². The van der Waals surface area contributed by atoms with Crippen molar-refractivity contribution in [3.8, 4) is 0 Å². The molecule has 0 spiro atoms. The number of anilines is 1. The van der Waals surface area contributed by atoms with Crippen LogP contribution in [-0.2, 0) is 13.0 Å². The summed E-state index contributed by atoms with van der Waals surface area (Å²) in [6.45, 7) is 0.838. The summed E-state index contributed by atoms with van der Waals surface area (Å²) < 4.78 is 6.03. The fourth-order valence-corrected chi connectivity index (χ4v) is 3.93. The van der Waals surface area contributed by atoms with Gasteiger partial charge in [0.15, 0.2) is 0 Å². The smallest absolute Gasteiger partial charge is 0.135 e. The zero-order valence-electron chi connectivity index (χ0n) is 16.5. The third-order valence-electron chi connectivity index (χ3n) is 5.49. The average Bonchev–Trinajstić information content (AvgIpc) is 3.13. The summed E-state index contributed by atoms with van der Waals surface area (Å²) in [7, 11) is 2.13. The first-order valence-electron chi connectivity index (χ1n) is 10.0. The average molecular weight is 377 g/mol. The Balaban J connectivity index is 1.33. The van der Waals surface area contributed by atoms with Gasteiger partial charge in [-0.1, -0.05) is 72.8 Å². The summed E-state index contributed by atoms with van der Waals surface area (Å²) in [5.41, 5.74) is 7.03. The third-order valence-corrected chi connectivity index (χ3v) is 5.49. The van der Waals surface area contributed by atoms with Crippen LogP contribution in [0.15, 0.2) is 101 Å². The standard InChI is InChI=1S/C27H23NO/c1-28(23-14-11-21(12-15-23)17-20-7-3-2-4-8-20)19-22-13-16-25-24-9-5-6-10-26(24)29-27(25)18-22/h2-16,18H,17,19H2,1H3. The van der Waals surface area contributed by atoms with Gasteiger partial charge in [0.1, 0.15) is 11.2 Å². The lowest BCUT2D eigenvalue weighted by molar-refractivity contribution is 0.668. The number of para-hydroxylation sites is 1. The molecule has 0 saturated carbocycles. The zero-order chi connectivity index (χ0) is 19.6. The van der Waals surface area contributed by atoms with Crippen LogP contribution in [-0.4, -0.2) is 7.05 Å². The molecule has 0 aliphatic carbocycles. The highest BCUT2D eigenvalue weighted by molar-refractivity contribution is 6.04. The van der Waals surface area contributed by atoms with E-state index >= 15 is 0 Å². The van der Waals surface area contributed by atoms with Crippen LogP contribution >= 0.6 is 0 Å². The van der Waals surface area contributed by atoms with Crippen LogP contribution in [0, 0.1) is 0 Å². The largest absolute Gasteiger partial charge is 0.456 e. The van der Waals surface area contributed by atoms with Gasteiger partial charge in [-0.25, -0.2) is 0 Å². The summed E-state index contributed by atoms with van der Waals surface area (Å²) in [6, 6.07) is 34.2. The van der Waals surface area contributed by atoms with E-state index in [1.165, 1.54) is 33.2 Å². The number of hydrogen-bond acceptors (Lipinski definition) is 2. The second-order valence-corrected chi connectivity index (χ2v) is 7.61. The monoisotopic (exact) mass is 377 g/mol. The Morgan fingerprint density at radius 3 is 2.10 bits per heavy atom. The van der Waals surface area contributed by atoms with Crippen LogP contribution in [0.5, 0.6) is 0 Å². The minimum Gasteiger partial charge on any atom is -0.456 e. The van der Waals surface area contributed by atoms with Crippen molar-refractivity contribution in [2.75, 3.05) is 11.9 Å². The van der Waals surface area contributed by atoms with E-state index in [-0.39, 0.29) is 0 Å². The zero-order valence-corrected chi connectivity index (χ0v) is 16.5.